The molecule has 0 aliphatic rings. The molecule has 0 bridgehead atoms. The number of imidazole rings is 1. The van der Waals surface area contributed by atoms with Gasteiger partial charge in [0, 0.05) is 12.7 Å². The summed E-state index contributed by atoms with van der Waals surface area (Å²) in [4.78, 5) is 5.23. The van der Waals surface area contributed by atoms with Crippen molar-refractivity contribution in [1.82, 2.24) is 14.6 Å². The summed E-state index contributed by atoms with van der Waals surface area (Å²) in [5, 5.41) is 14.6. The first-order valence-electron chi connectivity index (χ1n) is 7.17. The smallest absolute Gasteiger partial charge is 0.214 e. The zero-order chi connectivity index (χ0) is 16.4. The molecule has 0 unspecified atom stereocenters. The van der Waals surface area contributed by atoms with E-state index in [9.17, 15) is 5.26 Å². The monoisotopic (exact) mass is 328 g/mol. The summed E-state index contributed by atoms with van der Waals surface area (Å²) in [7, 11) is 1.61. The normalized spacial score (nSPS) is 11.1. The van der Waals surface area contributed by atoms with Crippen LogP contribution in [0.3, 0.4) is 0 Å². The number of methoxy groups -OCH3 is 1. The molecule has 118 valence electrons. The molecule has 0 N–H and O–H groups in total. The average Bonchev–Trinajstić information content (AvgIpc) is 3.04. The van der Waals surface area contributed by atoms with E-state index in [4.69, 9.17) is 9.47 Å². The Morgan fingerprint density at radius 3 is 2.65 bits per heavy atom. The van der Waals surface area contributed by atoms with Crippen molar-refractivity contribution in [3.8, 4) is 23.1 Å². The van der Waals surface area contributed by atoms with E-state index < -0.39 is 0 Å². The van der Waals surface area contributed by atoms with E-state index >= 15 is 0 Å². The molecule has 0 fully saturated rings. The van der Waals surface area contributed by atoms with Crippen molar-refractivity contribution in [2.45, 2.75) is 26.6 Å². The Bertz CT molecular complexity index is 859. The average molecular weight is 328 g/mol. The van der Waals surface area contributed by atoms with Crippen LogP contribution in [0.4, 0.5) is 0 Å². The van der Waals surface area contributed by atoms with Gasteiger partial charge in [0.2, 0.25) is 4.96 Å². The van der Waals surface area contributed by atoms with Crippen LogP contribution in [0, 0.1) is 11.3 Å². The maximum absolute atomic E-state index is 9.48. The highest BCUT2D eigenvalue weighted by Gasteiger charge is 2.17. The molecular formula is C16H16N4O2S. The topological polar surface area (TPSA) is 72.4 Å². The Morgan fingerprint density at radius 2 is 2.04 bits per heavy atom. The van der Waals surface area contributed by atoms with Crippen molar-refractivity contribution in [3.05, 3.63) is 35.0 Å². The first-order valence-corrected chi connectivity index (χ1v) is 7.98. The number of aromatic nitrogens is 3. The minimum absolute atomic E-state index is 0.122. The lowest BCUT2D eigenvalue weighted by atomic mass is 10.1. The zero-order valence-electron chi connectivity index (χ0n) is 13.1. The third-order valence-corrected chi connectivity index (χ3v) is 4.00. The van der Waals surface area contributed by atoms with Crippen LogP contribution < -0.4 is 4.74 Å². The minimum Gasteiger partial charge on any atom is -0.491 e. The van der Waals surface area contributed by atoms with Crippen LogP contribution in [0.15, 0.2) is 24.3 Å². The Balaban J connectivity index is 1.99. The first-order chi connectivity index (χ1) is 11.1. The van der Waals surface area contributed by atoms with Crippen LogP contribution in [0.25, 0.3) is 16.2 Å². The molecule has 23 heavy (non-hydrogen) atoms. The predicted octanol–water partition coefficient (Wildman–Crippen LogP) is 3.26. The quantitative estimate of drug-likeness (QED) is 0.719. The molecule has 3 rings (SSSR count). The predicted molar refractivity (Wildman–Crippen MR) is 87.5 cm³/mol. The Morgan fingerprint density at radius 1 is 1.30 bits per heavy atom. The van der Waals surface area contributed by atoms with Gasteiger partial charge in [-0.05, 0) is 38.1 Å². The Labute approximate surface area is 137 Å². The van der Waals surface area contributed by atoms with Crippen molar-refractivity contribution in [2.75, 3.05) is 7.11 Å². The molecule has 6 nitrogen and oxygen atoms in total. The van der Waals surface area contributed by atoms with E-state index in [1.54, 1.807) is 11.6 Å². The van der Waals surface area contributed by atoms with E-state index in [0.29, 0.717) is 23.0 Å². The van der Waals surface area contributed by atoms with Crippen molar-refractivity contribution in [3.63, 3.8) is 0 Å². The number of fused-ring (bicyclic) bond motifs is 1. The van der Waals surface area contributed by atoms with Crippen molar-refractivity contribution >= 4 is 16.3 Å². The van der Waals surface area contributed by atoms with E-state index in [-0.39, 0.29) is 6.10 Å². The second kappa shape index (κ2) is 6.36. The van der Waals surface area contributed by atoms with Crippen molar-refractivity contribution in [2.24, 2.45) is 0 Å². The van der Waals surface area contributed by atoms with Crippen molar-refractivity contribution < 1.29 is 9.47 Å². The van der Waals surface area contributed by atoms with Crippen LogP contribution in [-0.4, -0.2) is 27.8 Å². The molecule has 2 aromatic heterocycles. The molecule has 0 saturated carbocycles. The van der Waals surface area contributed by atoms with E-state index in [1.165, 1.54) is 11.3 Å². The summed E-state index contributed by atoms with van der Waals surface area (Å²) in [6.07, 6.45) is 0.122. The highest BCUT2D eigenvalue weighted by Crippen LogP contribution is 2.28. The molecular weight excluding hydrogens is 312 g/mol. The highest BCUT2D eigenvalue weighted by molar-refractivity contribution is 7.16. The van der Waals surface area contributed by atoms with Gasteiger partial charge in [0.15, 0.2) is 5.69 Å². The van der Waals surface area contributed by atoms with E-state index in [2.05, 4.69) is 16.2 Å². The molecule has 0 atom stereocenters. The zero-order valence-corrected chi connectivity index (χ0v) is 13.9. The summed E-state index contributed by atoms with van der Waals surface area (Å²) >= 11 is 1.42. The molecule has 0 amide bonds. The van der Waals surface area contributed by atoms with Gasteiger partial charge in [-0.25, -0.2) is 4.98 Å². The van der Waals surface area contributed by atoms with Gasteiger partial charge < -0.3 is 9.47 Å². The minimum atomic E-state index is 0.122. The van der Waals surface area contributed by atoms with Crippen molar-refractivity contribution in [1.29, 1.82) is 5.26 Å². The number of nitriles is 1. The molecule has 0 radical (unpaired) electrons. The second-order valence-corrected chi connectivity index (χ2v) is 6.28. The van der Waals surface area contributed by atoms with Gasteiger partial charge in [0.1, 0.15) is 22.5 Å². The molecule has 0 aliphatic carbocycles. The van der Waals surface area contributed by atoms with Crippen LogP contribution in [0.2, 0.25) is 0 Å². The summed E-state index contributed by atoms with van der Waals surface area (Å²) in [5.41, 5.74) is 1.92. The third kappa shape index (κ3) is 3.04. The molecule has 3 aromatic rings. The van der Waals surface area contributed by atoms with Crippen LogP contribution in [0.1, 0.15) is 24.5 Å². The maximum atomic E-state index is 9.48. The Kier molecular flexibility index (Phi) is 4.28. The summed E-state index contributed by atoms with van der Waals surface area (Å²) in [6.45, 7) is 4.37. The van der Waals surface area contributed by atoms with E-state index in [1.807, 2.05) is 38.1 Å². The van der Waals surface area contributed by atoms with Crippen LogP contribution in [-0.2, 0) is 11.3 Å². The fraction of sp³-hybridized carbons (Fsp3) is 0.312. The Hall–Kier alpha value is -2.43. The van der Waals surface area contributed by atoms with Gasteiger partial charge >= 0.3 is 0 Å². The molecule has 7 heteroatoms. The number of benzene rings is 1. The third-order valence-electron chi connectivity index (χ3n) is 3.12. The van der Waals surface area contributed by atoms with Crippen LogP contribution >= 0.6 is 11.3 Å². The lowest BCUT2D eigenvalue weighted by molar-refractivity contribution is 0.183. The number of hydrogen-bond donors (Lipinski definition) is 0. The molecule has 2 heterocycles. The molecule has 0 saturated heterocycles. The number of ether oxygens (including phenoxy) is 2. The summed E-state index contributed by atoms with van der Waals surface area (Å²) in [5.74, 6) is 0.795. The summed E-state index contributed by atoms with van der Waals surface area (Å²) < 4.78 is 12.3. The molecule has 0 spiro atoms. The molecule has 1 aromatic carbocycles. The second-order valence-electron chi connectivity index (χ2n) is 5.23. The molecule has 0 aliphatic heterocycles. The van der Waals surface area contributed by atoms with Crippen LogP contribution in [0.5, 0.6) is 5.75 Å². The van der Waals surface area contributed by atoms with Gasteiger partial charge in [-0.1, -0.05) is 11.3 Å². The lowest BCUT2D eigenvalue weighted by Gasteiger charge is -2.09. The number of hydrogen-bond acceptors (Lipinski definition) is 6. The first kappa shape index (κ1) is 15.5. The number of rotatable bonds is 5. The van der Waals surface area contributed by atoms with E-state index in [0.717, 1.165) is 16.3 Å². The fourth-order valence-corrected chi connectivity index (χ4v) is 3.10. The van der Waals surface area contributed by atoms with Gasteiger partial charge in [-0.2, -0.15) is 14.9 Å². The highest BCUT2D eigenvalue weighted by atomic mass is 32.1. The number of nitrogens with zero attached hydrogens (tertiary/aromatic N) is 4. The van der Waals surface area contributed by atoms with Gasteiger partial charge in [0.25, 0.3) is 0 Å². The lowest BCUT2D eigenvalue weighted by Crippen LogP contribution is -2.05. The fourth-order valence-electron chi connectivity index (χ4n) is 2.23. The largest absolute Gasteiger partial charge is 0.491 e. The van der Waals surface area contributed by atoms with Gasteiger partial charge in [-0.15, -0.1) is 0 Å². The van der Waals surface area contributed by atoms with Gasteiger partial charge in [0.05, 0.1) is 12.7 Å². The SMILES string of the molecule is COCc1nn2c(C#N)c(-c3ccc(OC(C)C)cc3)nc2s1. The maximum Gasteiger partial charge on any atom is 0.214 e. The van der Waals surface area contributed by atoms with Gasteiger partial charge in [-0.3, -0.25) is 0 Å². The standard InChI is InChI=1S/C16H16N4O2S/c1-10(2)22-12-6-4-11(5-7-12)15-13(8-17)20-16(18-15)23-14(19-20)9-21-3/h4-7,10H,9H2,1-3H3. The summed E-state index contributed by atoms with van der Waals surface area (Å²) in [6, 6.07) is 9.76.